The van der Waals surface area contributed by atoms with Gasteiger partial charge in [0, 0.05) is 38.2 Å². The maximum atomic E-state index is 12.8. The fraction of sp³-hybridized carbons (Fsp3) is 0.650. The minimum absolute atomic E-state index is 0.253. The summed E-state index contributed by atoms with van der Waals surface area (Å²) in [6.07, 6.45) is 4.38. The quantitative estimate of drug-likeness (QED) is 0.653. The molecule has 2 fully saturated rings. The van der Waals surface area contributed by atoms with E-state index in [0.717, 1.165) is 38.1 Å². The molecule has 3 heterocycles. The summed E-state index contributed by atoms with van der Waals surface area (Å²) in [6, 6.07) is 1.25. The van der Waals surface area contributed by atoms with Crippen LogP contribution in [0.3, 0.4) is 0 Å². The number of β-amino-alcohol motifs (C(OH)–C–C–N with tert-alkyl or cyclic N) is 1. The maximum absolute atomic E-state index is 12.8. The topological polar surface area (TPSA) is 97.1 Å². The third-order valence-electron chi connectivity index (χ3n) is 5.93. The number of nitrogen functional groups attached to an aromatic ring is 1. The highest BCUT2D eigenvalue weighted by Gasteiger charge is 2.32. The predicted molar refractivity (Wildman–Crippen MR) is 107 cm³/mol. The largest absolute Gasteiger partial charge is 0.492 e. The number of nitrogens with one attached hydrogen (secondary N) is 1. The number of halogens is 1. The molecule has 1 aromatic carbocycles. The summed E-state index contributed by atoms with van der Waals surface area (Å²) >= 11 is 6.20. The van der Waals surface area contributed by atoms with Gasteiger partial charge in [0.2, 0.25) is 0 Å². The number of piperidine rings is 1. The highest BCUT2D eigenvalue weighted by atomic mass is 35.5. The Kier molecular flexibility index (Phi) is 5.96. The second-order valence-corrected chi connectivity index (χ2v) is 8.32. The summed E-state index contributed by atoms with van der Waals surface area (Å²) in [4.78, 5) is 15.1. The van der Waals surface area contributed by atoms with Crippen molar-refractivity contribution in [1.29, 1.82) is 0 Å². The monoisotopic (exact) mass is 409 g/mol. The van der Waals surface area contributed by atoms with Crippen molar-refractivity contribution in [3.8, 4) is 5.75 Å². The van der Waals surface area contributed by atoms with Crippen LogP contribution in [0.5, 0.6) is 5.75 Å². The zero-order chi connectivity index (χ0) is 19.7. The average molecular weight is 410 g/mol. The van der Waals surface area contributed by atoms with Gasteiger partial charge in [0.25, 0.3) is 5.91 Å². The molecule has 1 amide bonds. The van der Waals surface area contributed by atoms with E-state index >= 15 is 0 Å². The summed E-state index contributed by atoms with van der Waals surface area (Å²) in [5.74, 6) is 0.230. The number of aliphatic hydroxyl groups excluding tert-OH is 1. The van der Waals surface area contributed by atoms with Gasteiger partial charge in [-0.1, -0.05) is 11.6 Å². The van der Waals surface area contributed by atoms with E-state index in [1.54, 1.807) is 6.07 Å². The Balaban J connectivity index is 1.37. The van der Waals surface area contributed by atoms with Gasteiger partial charge >= 0.3 is 0 Å². The summed E-state index contributed by atoms with van der Waals surface area (Å²) in [6.45, 7) is 3.51. The van der Waals surface area contributed by atoms with E-state index in [0.29, 0.717) is 48.0 Å². The molecule has 4 rings (SSSR count). The first-order chi connectivity index (χ1) is 13.5. The van der Waals surface area contributed by atoms with Gasteiger partial charge in [0.1, 0.15) is 5.75 Å². The minimum Gasteiger partial charge on any atom is -0.492 e. The number of rotatable bonds is 4. The number of likely N-dealkylation sites (tertiary alicyclic amines) is 1. The molecule has 0 radical (unpaired) electrons. The highest BCUT2D eigenvalue weighted by molar-refractivity contribution is 6.33. The zero-order valence-corrected chi connectivity index (χ0v) is 16.7. The smallest absolute Gasteiger partial charge is 0.255 e. The molecule has 3 aliphatic rings. The Hall–Kier alpha value is -1.54. The van der Waals surface area contributed by atoms with E-state index in [1.807, 2.05) is 0 Å². The third kappa shape index (κ3) is 4.08. The summed E-state index contributed by atoms with van der Waals surface area (Å²) in [5, 5.41) is 13.9. The van der Waals surface area contributed by atoms with Crippen LogP contribution in [0.15, 0.2) is 6.07 Å². The van der Waals surface area contributed by atoms with Crippen LogP contribution in [0.4, 0.5) is 5.69 Å². The molecule has 7 nitrogen and oxygen atoms in total. The molecule has 0 aromatic heterocycles. The highest BCUT2D eigenvalue weighted by Crippen LogP contribution is 2.38. The average Bonchev–Trinajstić information content (AvgIpc) is 3.17. The van der Waals surface area contributed by atoms with Crippen molar-refractivity contribution in [2.75, 3.05) is 38.6 Å². The van der Waals surface area contributed by atoms with Gasteiger partial charge < -0.3 is 25.6 Å². The molecule has 3 atom stereocenters. The second kappa shape index (κ2) is 8.45. The van der Waals surface area contributed by atoms with Gasteiger partial charge in [0.05, 0.1) is 41.1 Å². The number of benzene rings is 1. The van der Waals surface area contributed by atoms with E-state index in [4.69, 9.17) is 26.8 Å². The molecule has 3 aliphatic heterocycles. The molecule has 2 saturated heterocycles. The fourth-order valence-electron chi connectivity index (χ4n) is 4.35. The molecular weight excluding hydrogens is 382 g/mol. The van der Waals surface area contributed by atoms with Crippen LogP contribution in [0.1, 0.15) is 41.6 Å². The second-order valence-electron chi connectivity index (χ2n) is 7.91. The van der Waals surface area contributed by atoms with Crippen LogP contribution in [-0.2, 0) is 11.2 Å². The molecule has 154 valence electrons. The number of hydrogen-bond acceptors (Lipinski definition) is 6. The lowest BCUT2D eigenvalue weighted by Crippen LogP contribution is -2.55. The Labute approximate surface area is 170 Å². The molecule has 0 bridgehead atoms. The lowest BCUT2D eigenvalue weighted by atomic mass is 9.99. The van der Waals surface area contributed by atoms with Crippen LogP contribution in [0, 0.1) is 0 Å². The van der Waals surface area contributed by atoms with E-state index in [1.165, 1.54) is 6.42 Å². The number of hydrogen-bond donors (Lipinski definition) is 3. The fourth-order valence-corrected chi connectivity index (χ4v) is 4.58. The Morgan fingerprint density at radius 3 is 2.96 bits per heavy atom. The molecule has 4 N–H and O–H groups in total. The van der Waals surface area contributed by atoms with Crippen molar-refractivity contribution in [2.45, 2.75) is 50.4 Å². The number of carbonyl (C=O) groups excluding carboxylic acids is 1. The molecule has 3 unspecified atom stereocenters. The van der Waals surface area contributed by atoms with Crippen molar-refractivity contribution in [2.24, 2.45) is 0 Å². The van der Waals surface area contributed by atoms with Crippen molar-refractivity contribution >= 4 is 23.2 Å². The van der Waals surface area contributed by atoms with Crippen LogP contribution >= 0.6 is 11.6 Å². The van der Waals surface area contributed by atoms with Gasteiger partial charge in [-0.3, -0.25) is 9.69 Å². The van der Waals surface area contributed by atoms with Crippen LogP contribution in [0.2, 0.25) is 5.02 Å². The first-order valence-corrected chi connectivity index (χ1v) is 10.5. The molecular formula is C20H28ClN3O4. The van der Waals surface area contributed by atoms with Crippen molar-refractivity contribution < 1.29 is 19.4 Å². The first kappa shape index (κ1) is 19.8. The van der Waals surface area contributed by atoms with E-state index in [-0.39, 0.29) is 18.1 Å². The Bertz CT molecular complexity index is 739. The summed E-state index contributed by atoms with van der Waals surface area (Å²) in [7, 11) is 0. The maximum Gasteiger partial charge on any atom is 0.255 e. The SMILES string of the molecule is Nc1c(Cl)cc(C(=O)NC2CCN(CC3CCCCO3)CC2O)c2c1CCO2. The minimum atomic E-state index is -0.625. The number of aliphatic hydroxyl groups is 1. The number of fused-ring (bicyclic) bond motifs is 1. The Morgan fingerprint density at radius 2 is 2.21 bits per heavy atom. The van der Waals surface area contributed by atoms with Gasteiger partial charge in [-0.2, -0.15) is 0 Å². The normalized spacial score (nSPS) is 27.9. The molecule has 1 aromatic rings. The number of nitrogens with two attached hydrogens (primary N) is 1. The molecule has 0 saturated carbocycles. The predicted octanol–water partition coefficient (Wildman–Crippen LogP) is 1.59. The van der Waals surface area contributed by atoms with Gasteiger partial charge in [-0.25, -0.2) is 0 Å². The van der Waals surface area contributed by atoms with Crippen molar-refractivity contribution in [3.63, 3.8) is 0 Å². The summed E-state index contributed by atoms with van der Waals surface area (Å²) < 4.78 is 11.4. The molecule has 0 spiro atoms. The number of anilines is 1. The van der Waals surface area contributed by atoms with Crippen LogP contribution in [-0.4, -0.2) is 67.0 Å². The Morgan fingerprint density at radius 1 is 1.36 bits per heavy atom. The zero-order valence-electron chi connectivity index (χ0n) is 16.0. The van der Waals surface area contributed by atoms with E-state index in [9.17, 15) is 9.90 Å². The third-order valence-corrected chi connectivity index (χ3v) is 6.25. The molecule has 8 heteroatoms. The standard InChI is InChI=1S/C20H28ClN3O4/c21-15-9-14(19-13(18(15)22)5-8-28-19)20(26)23-16-4-6-24(11-17(16)25)10-12-3-1-2-7-27-12/h9,12,16-17,25H,1-8,10-11,22H2,(H,23,26). The lowest BCUT2D eigenvalue weighted by molar-refractivity contribution is -0.0278. The van der Waals surface area contributed by atoms with Gasteiger partial charge in [0.15, 0.2) is 0 Å². The number of carbonyl (C=O) groups is 1. The number of amides is 1. The van der Waals surface area contributed by atoms with Crippen LogP contribution < -0.4 is 15.8 Å². The molecule has 0 aliphatic carbocycles. The van der Waals surface area contributed by atoms with Crippen molar-refractivity contribution in [3.05, 3.63) is 22.2 Å². The summed E-state index contributed by atoms with van der Waals surface area (Å²) in [5.41, 5.74) is 7.66. The molecule has 28 heavy (non-hydrogen) atoms. The van der Waals surface area contributed by atoms with Crippen molar-refractivity contribution in [1.82, 2.24) is 10.2 Å². The number of nitrogens with zero attached hydrogens (tertiary/aromatic N) is 1. The van der Waals surface area contributed by atoms with E-state index in [2.05, 4.69) is 10.2 Å². The first-order valence-electron chi connectivity index (χ1n) is 10.1. The van der Waals surface area contributed by atoms with Gasteiger partial charge in [-0.15, -0.1) is 0 Å². The number of ether oxygens (including phenoxy) is 2. The van der Waals surface area contributed by atoms with E-state index < -0.39 is 6.10 Å². The van der Waals surface area contributed by atoms with Crippen LogP contribution in [0.25, 0.3) is 0 Å². The van der Waals surface area contributed by atoms with Gasteiger partial charge in [-0.05, 0) is 31.7 Å². The lowest BCUT2D eigenvalue weighted by Gasteiger charge is -2.38.